The maximum atomic E-state index is 11.4. The Labute approximate surface area is 164 Å². The van der Waals surface area contributed by atoms with Crippen LogP contribution in [-0.4, -0.2) is 16.1 Å². The van der Waals surface area contributed by atoms with Gasteiger partial charge in [0.2, 0.25) is 0 Å². The lowest BCUT2D eigenvalue weighted by Crippen LogP contribution is -2.12. The van der Waals surface area contributed by atoms with E-state index in [9.17, 15) is 9.90 Å². The lowest BCUT2D eigenvalue weighted by atomic mass is 9.79. The van der Waals surface area contributed by atoms with E-state index in [4.69, 9.17) is 4.74 Å². The summed E-state index contributed by atoms with van der Waals surface area (Å²) in [6.07, 6.45) is 8.21. The molecule has 28 heavy (non-hydrogen) atoms. The van der Waals surface area contributed by atoms with Gasteiger partial charge in [0, 0.05) is 12.4 Å². The molecule has 0 amide bonds. The van der Waals surface area contributed by atoms with Crippen LogP contribution in [0.5, 0.6) is 11.5 Å². The van der Waals surface area contributed by atoms with Crippen LogP contribution in [0.4, 0.5) is 0 Å². The van der Waals surface area contributed by atoms with E-state index >= 15 is 0 Å². The van der Waals surface area contributed by atoms with Crippen molar-refractivity contribution in [1.82, 2.24) is 4.98 Å². The summed E-state index contributed by atoms with van der Waals surface area (Å²) < 4.78 is 6.02. The minimum Gasteiger partial charge on any atom is -0.478 e. The van der Waals surface area contributed by atoms with Crippen molar-refractivity contribution in [3.05, 3.63) is 89.2 Å². The first kappa shape index (κ1) is 18.2. The minimum atomic E-state index is -0.889. The van der Waals surface area contributed by atoms with Crippen molar-refractivity contribution < 1.29 is 14.6 Å². The number of carboxylic acid groups (broad SMARTS) is 1. The lowest BCUT2D eigenvalue weighted by Gasteiger charge is -2.26. The van der Waals surface area contributed by atoms with Gasteiger partial charge < -0.3 is 9.84 Å². The first-order chi connectivity index (χ1) is 13.7. The van der Waals surface area contributed by atoms with Gasteiger partial charge in [-0.2, -0.15) is 0 Å². The first-order valence-corrected chi connectivity index (χ1v) is 9.72. The molecule has 1 aromatic heterocycles. The normalized spacial score (nSPS) is 15.6. The summed E-state index contributed by atoms with van der Waals surface area (Å²) in [5.74, 6) is 1.20. The molecule has 1 heterocycles. The predicted molar refractivity (Wildman–Crippen MR) is 108 cm³/mol. The molecule has 4 heteroatoms. The van der Waals surface area contributed by atoms with E-state index in [0.717, 1.165) is 42.7 Å². The summed E-state index contributed by atoms with van der Waals surface area (Å²) in [5, 5.41) is 9.39. The fourth-order valence-corrected chi connectivity index (χ4v) is 4.03. The van der Waals surface area contributed by atoms with Gasteiger partial charge in [-0.05, 0) is 85.0 Å². The number of pyridine rings is 1. The Kier molecular flexibility index (Phi) is 5.38. The van der Waals surface area contributed by atoms with Crippen molar-refractivity contribution in [3.63, 3.8) is 0 Å². The second-order valence-corrected chi connectivity index (χ2v) is 7.24. The van der Waals surface area contributed by atoms with Crippen LogP contribution in [0.1, 0.15) is 52.2 Å². The summed E-state index contributed by atoms with van der Waals surface area (Å²) >= 11 is 0. The van der Waals surface area contributed by atoms with Crippen molar-refractivity contribution in [2.45, 2.75) is 38.0 Å². The van der Waals surface area contributed by atoms with Crippen molar-refractivity contribution >= 4 is 5.97 Å². The third-order valence-corrected chi connectivity index (χ3v) is 5.43. The fourth-order valence-electron chi connectivity index (χ4n) is 4.03. The molecule has 1 unspecified atom stereocenters. The van der Waals surface area contributed by atoms with Gasteiger partial charge in [0.05, 0.1) is 5.56 Å². The number of hydrogen-bond acceptors (Lipinski definition) is 3. The molecule has 1 aliphatic rings. The molecule has 1 aliphatic carbocycles. The van der Waals surface area contributed by atoms with E-state index in [-0.39, 0.29) is 0 Å². The average molecular weight is 373 g/mol. The number of para-hydroxylation sites is 1. The average Bonchev–Trinajstić information content (AvgIpc) is 2.73. The fraction of sp³-hybridized carbons (Fsp3) is 0.250. The highest BCUT2D eigenvalue weighted by atomic mass is 16.5. The number of aromatic nitrogens is 1. The largest absolute Gasteiger partial charge is 0.478 e. The van der Waals surface area contributed by atoms with Gasteiger partial charge in [-0.3, -0.25) is 4.98 Å². The molecule has 1 N–H and O–H groups in total. The van der Waals surface area contributed by atoms with Crippen LogP contribution < -0.4 is 4.74 Å². The summed E-state index contributed by atoms with van der Waals surface area (Å²) in [6.45, 7) is 0. The van der Waals surface area contributed by atoms with E-state index in [1.165, 1.54) is 17.3 Å². The van der Waals surface area contributed by atoms with Gasteiger partial charge in [-0.15, -0.1) is 0 Å². The Morgan fingerprint density at radius 1 is 1.11 bits per heavy atom. The maximum absolute atomic E-state index is 11.4. The summed E-state index contributed by atoms with van der Waals surface area (Å²) in [6, 6.07) is 17.8. The van der Waals surface area contributed by atoms with E-state index in [1.807, 2.05) is 36.4 Å². The number of fused-ring (bicyclic) bond motifs is 1. The zero-order chi connectivity index (χ0) is 19.3. The number of nitrogens with zero attached hydrogens (tertiary/aromatic N) is 1. The van der Waals surface area contributed by atoms with Crippen molar-refractivity contribution in [3.8, 4) is 11.5 Å². The first-order valence-electron chi connectivity index (χ1n) is 9.72. The van der Waals surface area contributed by atoms with Crippen LogP contribution in [0.25, 0.3) is 0 Å². The van der Waals surface area contributed by atoms with E-state index in [0.29, 0.717) is 17.9 Å². The van der Waals surface area contributed by atoms with Crippen molar-refractivity contribution in [2.24, 2.45) is 0 Å². The molecule has 1 atom stereocenters. The van der Waals surface area contributed by atoms with E-state index < -0.39 is 5.97 Å². The van der Waals surface area contributed by atoms with Crippen LogP contribution in [-0.2, 0) is 12.8 Å². The number of hydrogen-bond donors (Lipinski definition) is 1. The molecule has 0 bridgehead atoms. The minimum absolute atomic E-state index is 0.354. The quantitative estimate of drug-likeness (QED) is 0.609. The number of carbonyl (C=O) groups is 1. The Balaban J connectivity index is 1.53. The Hall–Kier alpha value is -3.14. The molecule has 0 fully saturated rings. The number of rotatable bonds is 6. The molecule has 2 aromatic carbocycles. The molecular weight excluding hydrogens is 350 g/mol. The number of aryl methyl sites for hydroxylation is 2. The molecule has 0 radical (unpaired) electrons. The molecule has 0 aliphatic heterocycles. The monoisotopic (exact) mass is 373 g/mol. The third kappa shape index (κ3) is 4.06. The maximum Gasteiger partial charge on any atom is 0.336 e. The molecule has 3 aromatic rings. The van der Waals surface area contributed by atoms with Gasteiger partial charge in [0.25, 0.3) is 0 Å². The second kappa shape index (κ2) is 8.26. The summed E-state index contributed by atoms with van der Waals surface area (Å²) in [7, 11) is 0. The molecular formula is C24H23NO3. The van der Waals surface area contributed by atoms with Gasteiger partial charge in [0.15, 0.2) is 0 Å². The van der Waals surface area contributed by atoms with Gasteiger partial charge in [-0.25, -0.2) is 4.79 Å². The molecule has 4 nitrogen and oxygen atoms in total. The zero-order valence-electron chi connectivity index (χ0n) is 15.7. The number of aromatic carboxylic acids is 1. The van der Waals surface area contributed by atoms with E-state index in [1.54, 1.807) is 12.3 Å². The van der Waals surface area contributed by atoms with E-state index in [2.05, 4.69) is 17.1 Å². The van der Waals surface area contributed by atoms with Crippen LogP contribution >= 0.6 is 0 Å². The standard InChI is InChI=1S/C24H23NO3/c26-24(27)22-13-14-25-16-19(22)10-9-17-5-4-6-18-11-12-21(15-23(17)18)28-20-7-2-1-3-8-20/h1-3,7-8,11-17H,4-6,9-10H2,(H,26,27). The van der Waals surface area contributed by atoms with Crippen LogP contribution in [0.2, 0.25) is 0 Å². The molecule has 4 rings (SSSR count). The SMILES string of the molecule is O=C(O)c1ccncc1CCC1CCCc2ccc(Oc3ccccc3)cc21. The highest BCUT2D eigenvalue weighted by Gasteiger charge is 2.22. The lowest BCUT2D eigenvalue weighted by molar-refractivity contribution is 0.0695. The Morgan fingerprint density at radius 3 is 2.79 bits per heavy atom. The summed E-state index contributed by atoms with van der Waals surface area (Å²) in [5.41, 5.74) is 3.87. The topological polar surface area (TPSA) is 59.4 Å². The predicted octanol–water partition coefficient (Wildman–Crippen LogP) is 5.62. The van der Waals surface area contributed by atoms with Crippen LogP contribution in [0.15, 0.2) is 67.0 Å². The van der Waals surface area contributed by atoms with Crippen LogP contribution in [0.3, 0.4) is 0 Å². The van der Waals surface area contributed by atoms with Gasteiger partial charge >= 0.3 is 5.97 Å². The Bertz CT molecular complexity index is 969. The molecule has 0 saturated carbocycles. The smallest absolute Gasteiger partial charge is 0.336 e. The number of carboxylic acids is 1. The molecule has 0 spiro atoms. The van der Waals surface area contributed by atoms with Crippen molar-refractivity contribution in [2.75, 3.05) is 0 Å². The Morgan fingerprint density at radius 2 is 1.96 bits per heavy atom. The zero-order valence-corrected chi connectivity index (χ0v) is 15.7. The molecule has 142 valence electrons. The van der Waals surface area contributed by atoms with Crippen molar-refractivity contribution in [1.29, 1.82) is 0 Å². The highest BCUT2D eigenvalue weighted by molar-refractivity contribution is 5.89. The molecule has 0 saturated heterocycles. The highest BCUT2D eigenvalue weighted by Crippen LogP contribution is 2.37. The number of benzene rings is 2. The third-order valence-electron chi connectivity index (χ3n) is 5.43. The summed E-state index contributed by atoms with van der Waals surface area (Å²) in [4.78, 5) is 15.6. The number of ether oxygens (including phenoxy) is 1. The second-order valence-electron chi connectivity index (χ2n) is 7.24. The van der Waals surface area contributed by atoms with Gasteiger partial charge in [0.1, 0.15) is 11.5 Å². The van der Waals surface area contributed by atoms with Crippen LogP contribution in [0, 0.1) is 0 Å². The van der Waals surface area contributed by atoms with Gasteiger partial charge in [-0.1, -0.05) is 24.3 Å².